The fourth-order valence-corrected chi connectivity index (χ4v) is 0.563. The minimum Gasteiger partial charge on any atom is -0.278 e. The number of rotatable bonds is 1. The van der Waals surface area contributed by atoms with Gasteiger partial charge in [-0.3, -0.25) is 5.10 Å². The smallest absolute Gasteiger partial charge is 0.0601 e. The number of hydrogen-bond acceptors (Lipinski definition) is 1. The number of hydrogen-bond donors (Lipinski definition) is 1. The van der Waals surface area contributed by atoms with Crippen LogP contribution in [-0.4, -0.2) is 10.2 Å². The van der Waals surface area contributed by atoms with Gasteiger partial charge in [-0.2, -0.15) is 5.10 Å². The van der Waals surface area contributed by atoms with E-state index in [4.69, 9.17) is 0 Å². The average molecular weight is 152 g/mol. The maximum Gasteiger partial charge on any atom is 0.0601 e. The Bertz CT molecular complexity index is 201. The zero-order valence-corrected chi connectivity index (χ0v) is 7.52. The number of aromatic amines is 1. The molecule has 1 rings (SSSR count). The van der Waals surface area contributed by atoms with Gasteiger partial charge in [0.25, 0.3) is 0 Å². The van der Waals surface area contributed by atoms with E-state index in [2.05, 4.69) is 30.6 Å². The predicted molar refractivity (Wildman–Crippen MR) is 49.4 cm³/mol. The molecule has 0 aliphatic carbocycles. The van der Waals surface area contributed by atoms with Gasteiger partial charge in [-0.15, -0.1) is 0 Å². The van der Waals surface area contributed by atoms with Crippen LogP contribution in [0.3, 0.4) is 0 Å². The predicted octanol–water partition coefficient (Wildman–Crippen LogP) is 2.78. The van der Waals surface area contributed by atoms with Gasteiger partial charge in [-0.05, 0) is 18.6 Å². The monoisotopic (exact) mass is 152 g/mol. The molecule has 0 amide bonds. The first-order chi connectivity index (χ1) is 5.26. The molecule has 2 nitrogen and oxygen atoms in total. The molecule has 0 atom stereocenters. The molecule has 1 aromatic rings. The first kappa shape index (κ1) is 9.95. The Kier molecular flexibility index (Phi) is 5.17. The summed E-state index contributed by atoms with van der Waals surface area (Å²) in [4.78, 5) is 0. The van der Waals surface area contributed by atoms with Gasteiger partial charge in [-0.1, -0.05) is 26.8 Å². The normalized spacial score (nSPS) is 8.27. The topological polar surface area (TPSA) is 28.7 Å². The van der Waals surface area contributed by atoms with Crippen molar-refractivity contribution in [3.05, 3.63) is 24.0 Å². The molecule has 0 spiro atoms. The van der Waals surface area contributed by atoms with Gasteiger partial charge in [-0.25, -0.2) is 0 Å². The summed E-state index contributed by atoms with van der Waals surface area (Å²) in [6, 6.07) is 0. The van der Waals surface area contributed by atoms with E-state index >= 15 is 0 Å². The van der Waals surface area contributed by atoms with Crippen molar-refractivity contribution in [2.45, 2.75) is 27.2 Å². The molecule has 0 bridgehead atoms. The molecule has 0 fully saturated rings. The second-order valence-electron chi connectivity index (χ2n) is 2.38. The largest absolute Gasteiger partial charge is 0.278 e. The van der Waals surface area contributed by atoms with E-state index in [0.29, 0.717) is 0 Å². The van der Waals surface area contributed by atoms with E-state index in [9.17, 15) is 0 Å². The highest BCUT2D eigenvalue weighted by Gasteiger charge is 1.90. The standard InChI is InChI=1S/C6H8N2.C3H8/c1-3-6-5(2)4-7-8-6;1-3-2/h3-4H,1H2,2H3,(H,7,8);3H2,1-2H3. The molecule has 11 heavy (non-hydrogen) atoms. The number of aryl methyl sites for hydroxylation is 1. The molecule has 0 aliphatic heterocycles. The summed E-state index contributed by atoms with van der Waals surface area (Å²) in [6.07, 6.45) is 4.78. The SMILES string of the molecule is C=Cc1[nH]ncc1C.CCC. The Morgan fingerprint density at radius 2 is 2.18 bits per heavy atom. The van der Waals surface area contributed by atoms with Gasteiger partial charge in [0.15, 0.2) is 0 Å². The molecule has 0 radical (unpaired) electrons. The molecule has 0 aromatic carbocycles. The quantitative estimate of drug-likeness (QED) is 0.658. The Morgan fingerprint density at radius 1 is 1.64 bits per heavy atom. The van der Waals surface area contributed by atoms with E-state index in [1.165, 1.54) is 6.42 Å². The van der Waals surface area contributed by atoms with Gasteiger partial charge < -0.3 is 0 Å². The molecular formula is C9H16N2. The van der Waals surface area contributed by atoms with Crippen LogP contribution < -0.4 is 0 Å². The van der Waals surface area contributed by atoms with Crippen molar-refractivity contribution in [2.75, 3.05) is 0 Å². The van der Waals surface area contributed by atoms with Gasteiger partial charge in [0.1, 0.15) is 0 Å². The minimum atomic E-state index is 1.00. The van der Waals surface area contributed by atoms with Crippen LogP contribution in [0, 0.1) is 6.92 Å². The second-order valence-corrected chi connectivity index (χ2v) is 2.38. The molecule has 1 heterocycles. The number of aromatic nitrogens is 2. The van der Waals surface area contributed by atoms with Crippen molar-refractivity contribution in [1.29, 1.82) is 0 Å². The fraction of sp³-hybridized carbons (Fsp3) is 0.444. The van der Waals surface area contributed by atoms with Crippen molar-refractivity contribution < 1.29 is 0 Å². The van der Waals surface area contributed by atoms with Gasteiger partial charge in [0.2, 0.25) is 0 Å². The summed E-state index contributed by atoms with van der Waals surface area (Å²) in [6.45, 7) is 9.83. The third-order valence-electron chi connectivity index (χ3n) is 1.07. The molecule has 0 unspecified atom stereocenters. The van der Waals surface area contributed by atoms with E-state index in [0.717, 1.165) is 11.3 Å². The third-order valence-corrected chi connectivity index (χ3v) is 1.07. The molecule has 1 aromatic heterocycles. The lowest BCUT2D eigenvalue weighted by atomic mass is 10.3. The Morgan fingerprint density at radius 3 is 2.36 bits per heavy atom. The first-order valence-electron chi connectivity index (χ1n) is 3.88. The van der Waals surface area contributed by atoms with Gasteiger partial charge >= 0.3 is 0 Å². The Hall–Kier alpha value is -1.05. The van der Waals surface area contributed by atoms with Crippen LogP contribution in [0.4, 0.5) is 0 Å². The summed E-state index contributed by atoms with van der Waals surface area (Å²) < 4.78 is 0. The average Bonchev–Trinajstić information content (AvgIpc) is 2.36. The van der Waals surface area contributed by atoms with Crippen molar-refractivity contribution in [1.82, 2.24) is 10.2 Å². The van der Waals surface area contributed by atoms with E-state index < -0.39 is 0 Å². The maximum atomic E-state index is 3.80. The summed E-state index contributed by atoms with van der Waals surface area (Å²) >= 11 is 0. The number of H-pyrrole nitrogens is 1. The van der Waals surface area contributed by atoms with Crippen LogP contribution >= 0.6 is 0 Å². The highest BCUT2D eigenvalue weighted by atomic mass is 15.1. The molecule has 1 N–H and O–H groups in total. The van der Waals surface area contributed by atoms with Crippen molar-refractivity contribution in [3.8, 4) is 0 Å². The second kappa shape index (κ2) is 5.71. The highest BCUT2D eigenvalue weighted by Crippen LogP contribution is 2.01. The van der Waals surface area contributed by atoms with Crippen LogP contribution in [0.25, 0.3) is 6.08 Å². The van der Waals surface area contributed by atoms with E-state index in [-0.39, 0.29) is 0 Å². The lowest BCUT2D eigenvalue weighted by Crippen LogP contribution is -1.71. The summed E-state index contributed by atoms with van der Waals surface area (Å²) in [5.41, 5.74) is 2.14. The Balaban J connectivity index is 0.000000292. The third kappa shape index (κ3) is 3.61. The number of nitrogens with one attached hydrogen (secondary N) is 1. The van der Waals surface area contributed by atoms with Crippen molar-refractivity contribution in [2.24, 2.45) is 0 Å². The van der Waals surface area contributed by atoms with Crippen LogP contribution in [0.15, 0.2) is 12.8 Å². The zero-order valence-electron chi connectivity index (χ0n) is 7.52. The highest BCUT2D eigenvalue weighted by molar-refractivity contribution is 5.44. The van der Waals surface area contributed by atoms with Crippen LogP contribution in [-0.2, 0) is 0 Å². The number of nitrogens with zero attached hydrogens (tertiary/aromatic N) is 1. The maximum absolute atomic E-state index is 3.80. The van der Waals surface area contributed by atoms with Crippen LogP contribution in [0.2, 0.25) is 0 Å². The molecule has 62 valence electrons. The summed E-state index contributed by atoms with van der Waals surface area (Å²) in [7, 11) is 0. The minimum absolute atomic E-state index is 1.00. The van der Waals surface area contributed by atoms with Crippen molar-refractivity contribution >= 4 is 6.08 Å². The Labute approximate surface area is 68.3 Å². The molecule has 0 saturated carbocycles. The lowest BCUT2D eigenvalue weighted by molar-refractivity contribution is 1.08. The van der Waals surface area contributed by atoms with Gasteiger partial charge in [0, 0.05) is 0 Å². The fourth-order valence-electron chi connectivity index (χ4n) is 0.563. The molecule has 0 aliphatic rings. The van der Waals surface area contributed by atoms with Crippen LogP contribution in [0.5, 0.6) is 0 Å². The first-order valence-corrected chi connectivity index (χ1v) is 3.88. The van der Waals surface area contributed by atoms with Gasteiger partial charge in [0.05, 0.1) is 11.9 Å². The van der Waals surface area contributed by atoms with E-state index in [1.54, 1.807) is 12.3 Å². The summed E-state index contributed by atoms with van der Waals surface area (Å²) in [5, 5.41) is 6.58. The molecule has 0 saturated heterocycles. The zero-order chi connectivity index (χ0) is 8.69. The molecular weight excluding hydrogens is 136 g/mol. The summed E-state index contributed by atoms with van der Waals surface area (Å²) in [5.74, 6) is 0. The van der Waals surface area contributed by atoms with E-state index in [1.807, 2.05) is 6.92 Å². The lowest BCUT2D eigenvalue weighted by Gasteiger charge is -1.81. The molecule has 2 heteroatoms. The van der Waals surface area contributed by atoms with Crippen LogP contribution in [0.1, 0.15) is 31.5 Å². The van der Waals surface area contributed by atoms with Crippen molar-refractivity contribution in [3.63, 3.8) is 0 Å².